The number of aryl methyl sites for hydroxylation is 1. The largest absolute Gasteiger partial charge is 0.433 e. The van der Waals surface area contributed by atoms with Crippen LogP contribution in [0.5, 0.6) is 0 Å². The van der Waals surface area contributed by atoms with Crippen molar-refractivity contribution in [2.24, 2.45) is 0 Å². The summed E-state index contributed by atoms with van der Waals surface area (Å²) in [7, 11) is -1.95. The van der Waals surface area contributed by atoms with Crippen molar-refractivity contribution in [3.8, 4) is 0 Å². The van der Waals surface area contributed by atoms with Crippen LogP contribution in [0.1, 0.15) is 12.6 Å². The lowest BCUT2D eigenvalue weighted by Gasteiger charge is -2.09. The predicted molar refractivity (Wildman–Crippen MR) is 68.4 cm³/mol. The smallest absolute Gasteiger partial charge is 0.324 e. The molecule has 0 aromatic carbocycles. The fourth-order valence-electron chi connectivity index (χ4n) is 1.87. The molecule has 0 aliphatic carbocycles. The van der Waals surface area contributed by atoms with Crippen molar-refractivity contribution >= 4 is 16.6 Å². The van der Waals surface area contributed by atoms with Gasteiger partial charge in [0.2, 0.25) is 5.16 Å². The monoisotopic (exact) mass is 330 g/mol. The van der Waals surface area contributed by atoms with Crippen molar-refractivity contribution < 1.29 is 17.4 Å². The first-order valence-electron chi connectivity index (χ1n) is 6.12. The maximum absolute atomic E-state index is 12.9. The number of nitrogens with zero attached hydrogens (tertiary/aromatic N) is 6. The molecule has 3 heterocycles. The second-order valence-electron chi connectivity index (χ2n) is 4.21. The highest BCUT2D eigenvalue weighted by molar-refractivity contribution is 7.84. The van der Waals surface area contributed by atoms with E-state index >= 15 is 0 Å². The number of alkyl halides is 3. The van der Waals surface area contributed by atoms with Crippen molar-refractivity contribution in [3.63, 3.8) is 0 Å². The summed E-state index contributed by atoms with van der Waals surface area (Å²) in [5.41, 5.74) is -1.18. The molecular formula is C11H9F3N6OS. The Hall–Kier alpha value is -2.30. The number of imidazole rings is 1. The van der Waals surface area contributed by atoms with Crippen LogP contribution in [0.3, 0.4) is 0 Å². The number of aromatic nitrogens is 6. The quantitative estimate of drug-likeness (QED) is 0.681. The highest BCUT2D eigenvalue weighted by Gasteiger charge is 2.35. The molecular weight excluding hydrogens is 321 g/mol. The van der Waals surface area contributed by atoms with Gasteiger partial charge in [-0.1, -0.05) is 0 Å². The molecule has 0 aliphatic rings. The molecule has 0 spiro atoms. The Labute approximate surface area is 124 Å². The third-order valence-electron chi connectivity index (χ3n) is 2.88. The van der Waals surface area contributed by atoms with Crippen LogP contribution in [0.2, 0.25) is 0 Å². The van der Waals surface area contributed by atoms with E-state index < -0.39 is 22.7 Å². The Balaban J connectivity index is 2.21. The fourth-order valence-corrected chi connectivity index (χ4v) is 3.12. The maximum atomic E-state index is 12.9. The van der Waals surface area contributed by atoms with Gasteiger partial charge < -0.3 is 4.57 Å². The number of hydrogen-bond acceptors (Lipinski definition) is 5. The lowest BCUT2D eigenvalue weighted by Crippen LogP contribution is -2.14. The molecule has 3 aromatic heterocycles. The molecule has 22 heavy (non-hydrogen) atoms. The second kappa shape index (κ2) is 5.16. The van der Waals surface area contributed by atoms with Gasteiger partial charge in [-0.15, -0.1) is 0 Å². The molecule has 0 aliphatic heterocycles. The molecule has 0 saturated carbocycles. The highest BCUT2D eigenvalue weighted by atomic mass is 32.2. The molecule has 0 N–H and O–H groups in total. The second-order valence-corrected chi connectivity index (χ2v) is 5.53. The predicted octanol–water partition coefficient (Wildman–Crippen LogP) is 1.53. The summed E-state index contributed by atoms with van der Waals surface area (Å²) in [5.74, 6) is -0.271. The molecule has 0 amide bonds. The summed E-state index contributed by atoms with van der Waals surface area (Å²) < 4.78 is 54.0. The average molecular weight is 330 g/mol. The Bertz CT molecular complexity index is 855. The number of halogens is 3. The van der Waals surface area contributed by atoms with Gasteiger partial charge in [-0.05, 0) is 6.92 Å². The first-order valence-corrected chi connectivity index (χ1v) is 7.27. The molecule has 11 heteroatoms. The molecule has 1 atom stereocenters. The van der Waals surface area contributed by atoms with Crippen molar-refractivity contribution in [2.75, 3.05) is 0 Å². The minimum Gasteiger partial charge on any atom is -0.324 e. The zero-order chi connectivity index (χ0) is 15.9. The van der Waals surface area contributed by atoms with Crippen molar-refractivity contribution in [3.05, 3.63) is 30.5 Å². The van der Waals surface area contributed by atoms with Crippen LogP contribution >= 0.6 is 0 Å². The molecule has 0 saturated heterocycles. The van der Waals surface area contributed by atoms with E-state index in [0.29, 0.717) is 12.6 Å². The van der Waals surface area contributed by atoms with E-state index in [1.54, 1.807) is 17.7 Å². The van der Waals surface area contributed by atoms with Crippen molar-refractivity contribution in [2.45, 2.75) is 29.8 Å². The Morgan fingerprint density at radius 2 is 2.09 bits per heavy atom. The number of hydrogen-bond donors (Lipinski definition) is 0. The lowest BCUT2D eigenvalue weighted by molar-refractivity contribution is -0.141. The van der Waals surface area contributed by atoms with Crippen LogP contribution in [-0.4, -0.2) is 33.3 Å². The summed E-state index contributed by atoms with van der Waals surface area (Å²) in [6, 6.07) is 0.701. The van der Waals surface area contributed by atoms with Crippen molar-refractivity contribution in [1.82, 2.24) is 29.1 Å². The molecule has 0 fully saturated rings. The van der Waals surface area contributed by atoms with E-state index in [9.17, 15) is 17.4 Å². The van der Waals surface area contributed by atoms with E-state index in [1.807, 2.05) is 0 Å². The topological polar surface area (TPSA) is 78.0 Å². The number of fused-ring (bicyclic) bond motifs is 1. The van der Waals surface area contributed by atoms with Gasteiger partial charge in [-0.3, -0.25) is 0 Å². The van der Waals surface area contributed by atoms with Gasteiger partial charge in [0.05, 0.1) is 0 Å². The summed E-state index contributed by atoms with van der Waals surface area (Å²) in [6.07, 6.45) is -0.596. The average Bonchev–Trinajstić information content (AvgIpc) is 3.12. The standard InChI is InChI=1S/C11H9F3N6OS/c1-2-19-4-3-15-10(19)22(21)8-5-7(11(12,13)14)18-9-16-6-17-20(8)9/h3-6H,2H2,1H3. The summed E-state index contributed by atoms with van der Waals surface area (Å²) in [4.78, 5) is 11.0. The molecule has 1 unspecified atom stereocenters. The Morgan fingerprint density at radius 1 is 1.32 bits per heavy atom. The van der Waals surface area contributed by atoms with Crippen LogP contribution in [-0.2, 0) is 23.5 Å². The van der Waals surface area contributed by atoms with Crippen molar-refractivity contribution in [1.29, 1.82) is 0 Å². The van der Waals surface area contributed by atoms with Gasteiger partial charge in [-0.2, -0.15) is 27.8 Å². The maximum Gasteiger partial charge on any atom is 0.433 e. The van der Waals surface area contributed by atoms with Crippen LogP contribution in [0.4, 0.5) is 13.2 Å². The van der Waals surface area contributed by atoms with Crippen LogP contribution in [0.25, 0.3) is 5.78 Å². The van der Waals surface area contributed by atoms with Gasteiger partial charge in [0.1, 0.15) is 22.2 Å². The van der Waals surface area contributed by atoms with E-state index in [4.69, 9.17) is 0 Å². The van der Waals surface area contributed by atoms with Crippen LogP contribution < -0.4 is 0 Å². The van der Waals surface area contributed by atoms with E-state index in [2.05, 4.69) is 20.1 Å². The lowest BCUT2D eigenvalue weighted by atomic mass is 10.4. The Kier molecular flexibility index (Phi) is 3.43. The normalized spacial score (nSPS) is 13.6. The summed E-state index contributed by atoms with van der Waals surface area (Å²) in [6.45, 7) is 2.29. The SMILES string of the molecule is CCn1ccnc1S(=O)c1cc(C(F)(F)F)nc2ncnn12. The first-order chi connectivity index (χ1) is 10.4. The third kappa shape index (κ3) is 2.36. The highest BCUT2D eigenvalue weighted by Crippen LogP contribution is 2.29. The van der Waals surface area contributed by atoms with Crippen LogP contribution in [0.15, 0.2) is 35.0 Å². The zero-order valence-electron chi connectivity index (χ0n) is 11.2. The fraction of sp³-hybridized carbons (Fsp3) is 0.273. The van der Waals surface area contributed by atoms with Crippen LogP contribution in [0, 0.1) is 0 Å². The van der Waals surface area contributed by atoms with Gasteiger partial charge in [0, 0.05) is 25.0 Å². The van der Waals surface area contributed by atoms with Gasteiger partial charge in [0.15, 0.2) is 5.69 Å². The third-order valence-corrected chi connectivity index (χ3v) is 4.23. The van der Waals surface area contributed by atoms with E-state index in [-0.39, 0.29) is 16.0 Å². The molecule has 0 bridgehead atoms. The molecule has 0 radical (unpaired) electrons. The summed E-state index contributed by atoms with van der Waals surface area (Å²) in [5, 5.41) is 3.73. The summed E-state index contributed by atoms with van der Waals surface area (Å²) >= 11 is 0. The molecule has 3 aromatic rings. The molecule has 3 rings (SSSR count). The van der Waals surface area contributed by atoms with Gasteiger partial charge >= 0.3 is 6.18 Å². The molecule has 7 nitrogen and oxygen atoms in total. The Morgan fingerprint density at radius 3 is 2.77 bits per heavy atom. The van der Waals surface area contributed by atoms with E-state index in [0.717, 1.165) is 10.8 Å². The minimum atomic E-state index is -4.67. The first kappa shape index (κ1) is 14.6. The van der Waals surface area contributed by atoms with E-state index in [1.165, 1.54) is 6.20 Å². The minimum absolute atomic E-state index is 0.138. The van der Waals surface area contributed by atoms with Gasteiger partial charge in [0.25, 0.3) is 5.78 Å². The number of rotatable bonds is 3. The van der Waals surface area contributed by atoms with Gasteiger partial charge in [-0.25, -0.2) is 14.2 Å². The zero-order valence-corrected chi connectivity index (χ0v) is 12.0. The molecule has 116 valence electrons.